The molecule has 0 heterocycles. The second-order valence-electron chi connectivity index (χ2n) is 4.54. The highest BCUT2D eigenvalue weighted by atomic mass is 14.1. The van der Waals surface area contributed by atoms with Crippen LogP contribution in [0.5, 0.6) is 0 Å². The van der Waals surface area contributed by atoms with Crippen LogP contribution in [0.15, 0.2) is 18.2 Å². The van der Waals surface area contributed by atoms with Gasteiger partial charge in [0, 0.05) is 0 Å². The third kappa shape index (κ3) is 2.37. The van der Waals surface area contributed by atoms with Gasteiger partial charge in [0.25, 0.3) is 0 Å². The van der Waals surface area contributed by atoms with Crippen molar-refractivity contribution >= 4 is 0 Å². The summed E-state index contributed by atoms with van der Waals surface area (Å²) < 4.78 is 0. The summed E-state index contributed by atoms with van der Waals surface area (Å²) in [5.41, 5.74) is 4.65. The van der Waals surface area contributed by atoms with Gasteiger partial charge >= 0.3 is 0 Å². The molecule has 0 radical (unpaired) electrons. The topological polar surface area (TPSA) is 0 Å². The fraction of sp³-hybridized carbons (Fsp3) is 0.571. The van der Waals surface area contributed by atoms with Crippen LogP contribution in [0.3, 0.4) is 0 Å². The molecule has 0 unspecified atom stereocenters. The first-order valence-electron chi connectivity index (χ1n) is 5.95. The van der Waals surface area contributed by atoms with Crippen LogP contribution in [0.2, 0.25) is 0 Å². The number of aryl methyl sites for hydroxylation is 3. The lowest BCUT2D eigenvalue weighted by molar-refractivity contribution is 0.629. The highest BCUT2D eigenvalue weighted by Crippen LogP contribution is 2.20. The van der Waals surface area contributed by atoms with Crippen molar-refractivity contribution in [1.82, 2.24) is 0 Å². The van der Waals surface area contributed by atoms with Crippen LogP contribution in [-0.2, 0) is 12.8 Å². The summed E-state index contributed by atoms with van der Waals surface area (Å²) in [6.07, 6.45) is 9.66. The minimum Gasteiger partial charge on any atom is -0.0590 e. The maximum Gasteiger partial charge on any atom is -0.0276 e. The van der Waals surface area contributed by atoms with Crippen LogP contribution in [0.1, 0.15) is 48.8 Å². The second kappa shape index (κ2) is 4.63. The van der Waals surface area contributed by atoms with Crippen molar-refractivity contribution in [2.24, 2.45) is 0 Å². The summed E-state index contributed by atoms with van der Waals surface area (Å²) in [4.78, 5) is 0. The van der Waals surface area contributed by atoms with Crippen LogP contribution in [0.4, 0.5) is 0 Å². The minimum atomic E-state index is 1.30. The van der Waals surface area contributed by atoms with Crippen molar-refractivity contribution in [2.75, 3.05) is 0 Å². The molecular formula is C14H20. The first-order chi connectivity index (χ1) is 6.86. The lowest BCUT2D eigenvalue weighted by Gasteiger charge is -2.08. The third-order valence-electron chi connectivity index (χ3n) is 3.25. The van der Waals surface area contributed by atoms with Crippen molar-refractivity contribution in [3.05, 3.63) is 34.9 Å². The molecule has 0 N–H and O–H groups in total. The summed E-state index contributed by atoms with van der Waals surface area (Å²) in [7, 11) is 0. The number of rotatable bonds is 0. The smallest absolute Gasteiger partial charge is 0.0276 e. The molecule has 2 rings (SSSR count). The Labute approximate surface area is 87.3 Å². The molecule has 0 saturated carbocycles. The van der Waals surface area contributed by atoms with Gasteiger partial charge in [-0.1, -0.05) is 43.0 Å². The third-order valence-corrected chi connectivity index (χ3v) is 3.25. The number of benzene rings is 1. The summed E-state index contributed by atoms with van der Waals surface area (Å²) in [6, 6.07) is 6.99. The van der Waals surface area contributed by atoms with E-state index in [4.69, 9.17) is 0 Å². The Kier molecular flexibility index (Phi) is 3.23. The van der Waals surface area contributed by atoms with Gasteiger partial charge in [-0.15, -0.1) is 0 Å². The van der Waals surface area contributed by atoms with Crippen molar-refractivity contribution in [3.8, 4) is 0 Å². The summed E-state index contributed by atoms with van der Waals surface area (Å²) in [5.74, 6) is 0. The molecule has 76 valence electrons. The average molecular weight is 188 g/mol. The van der Waals surface area contributed by atoms with Crippen LogP contribution < -0.4 is 0 Å². The Bertz CT molecular complexity index is 299. The zero-order chi connectivity index (χ0) is 9.80. The molecule has 14 heavy (non-hydrogen) atoms. The van der Waals surface area contributed by atoms with Gasteiger partial charge in [0.05, 0.1) is 0 Å². The van der Waals surface area contributed by atoms with E-state index in [9.17, 15) is 0 Å². The molecule has 0 aromatic heterocycles. The Balaban J connectivity index is 2.22. The van der Waals surface area contributed by atoms with Gasteiger partial charge < -0.3 is 0 Å². The maximum absolute atomic E-state index is 2.39. The Morgan fingerprint density at radius 3 is 2.21 bits per heavy atom. The molecule has 0 spiro atoms. The van der Waals surface area contributed by atoms with Gasteiger partial charge in [-0.2, -0.15) is 0 Å². The van der Waals surface area contributed by atoms with Crippen LogP contribution in [0.25, 0.3) is 0 Å². The number of fused-ring (bicyclic) bond motifs is 1. The highest BCUT2D eigenvalue weighted by molar-refractivity contribution is 5.31. The average Bonchev–Trinajstić information content (AvgIpc) is 2.29. The van der Waals surface area contributed by atoms with Crippen molar-refractivity contribution in [3.63, 3.8) is 0 Å². The zero-order valence-corrected chi connectivity index (χ0v) is 9.18. The molecule has 0 fully saturated rings. The number of hydrogen-bond donors (Lipinski definition) is 0. The number of hydrogen-bond acceptors (Lipinski definition) is 0. The van der Waals surface area contributed by atoms with E-state index in [0.29, 0.717) is 0 Å². The van der Waals surface area contributed by atoms with E-state index in [1.807, 2.05) is 0 Å². The van der Waals surface area contributed by atoms with Crippen LogP contribution >= 0.6 is 0 Å². The first-order valence-corrected chi connectivity index (χ1v) is 5.95. The zero-order valence-electron chi connectivity index (χ0n) is 9.18. The minimum absolute atomic E-state index is 1.30. The maximum atomic E-state index is 2.39. The molecule has 0 saturated heterocycles. The molecule has 1 aromatic rings. The molecule has 0 bridgehead atoms. The van der Waals surface area contributed by atoms with E-state index in [1.165, 1.54) is 50.5 Å². The Hall–Kier alpha value is -0.780. The quantitative estimate of drug-likeness (QED) is 0.576. The predicted octanol–water partition coefficient (Wildman–Crippen LogP) is 4.04. The van der Waals surface area contributed by atoms with Gasteiger partial charge in [-0.3, -0.25) is 0 Å². The monoisotopic (exact) mass is 188 g/mol. The molecule has 0 atom stereocenters. The largest absolute Gasteiger partial charge is 0.0590 e. The fourth-order valence-corrected chi connectivity index (χ4v) is 2.39. The Morgan fingerprint density at radius 2 is 1.43 bits per heavy atom. The molecule has 0 aliphatic heterocycles. The van der Waals surface area contributed by atoms with Gasteiger partial charge in [-0.05, 0) is 43.7 Å². The van der Waals surface area contributed by atoms with Crippen molar-refractivity contribution < 1.29 is 0 Å². The fourth-order valence-electron chi connectivity index (χ4n) is 2.39. The van der Waals surface area contributed by atoms with E-state index >= 15 is 0 Å². The molecule has 0 amide bonds. The van der Waals surface area contributed by atoms with E-state index in [1.54, 1.807) is 11.1 Å². The first kappa shape index (κ1) is 9.76. The summed E-state index contributed by atoms with van der Waals surface area (Å²) in [5, 5.41) is 0. The van der Waals surface area contributed by atoms with E-state index in [2.05, 4.69) is 25.1 Å². The van der Waals surface area contributed by atoms with Gasteiger partial charge in [0.1, 0.15) is 0 Å². The predicted molar refractivity (Wildman–Crippen MR) is 61.7 cm³/mol. The van der Waals surface area contributed by atoms with Crippen molar-refractivity contribution in [1.29, 1.82) is 0 Å². The lowest BCUT2D eigenvalue weighted by Crippen LogP contribution is -1.94. The Morgan fingerprint density at radius 1 is 0.786 bits per heavy atom. The summed E-state index contributed by atoms with van der Waals surface area (Å²) >= 11 is 0. The van der Waals surface area contributed by atoms with Crippen LogP contribution in [-0.4, -0.2) is 0 Å². The van der Waals surface area contributed by atoms with Gasteiger partial charge in [0.15, 0.2) is 0 Å². The van der Waals surface area contributed by atoms with E-state index in [0.717, 1.165) is 0 Å². The van der Waals surface area contributed by atoms with Crippen molar-refractivity contribution in [2.45, 2.75) is 51.9 Å². The molecule has 1 aromatic carbocycles. The standard InChI is InChI=1S/C14H20/c1-12-9-10-13-7-5-3-2-4-6-8-14(13)11-12/h9-11H,2-8H2,1H3. The van der Waals surface area contributed by atoms with E-state index < -0.39 is 0 Å². The molecule has 1 aliphatic rings. The molecule has 0 heteroatoms. The normalized spacial score (nSPS) is 17.8. The second-order valence-corrected chi connectivity index (χ2v) is 4.54. The van der Waals surface area contributed by atoms with Gasteiger partial charge in [-0.25, -0.2) is 0 Å². The summed E-state index contributed by atoms with van der Waals surface area (Å²) in [6.45, 7) is 2.20. The highest BCUT2D eigenvalue weighted by Gasteiger charge is 2.05. The molecular weight excluding hydrogens is 168 g/mol. The molecule has 1 aliphatic carbocycles. The SMILES string of the molecule is Cc1ccc2c(c1)CCCCCCC2. The van der Waals surface area contributed by atoms with E-state index in [-0.39, 0.29) is 0 Å². The molecule has 0 nitrogen and oxygen atoms in total. The van der Waals surface area contributed by atoms with Gasteiger partial charge in [0.2, 0.25) is 0 Å². The van der Waals surface area contributed by atoms with Crippen LogP contribution in [0, 0.1) is 6.92 Å². The lowest BCUT2D eigenvalue weighted by atomic mass is 9.98.